The van der Waals surface area contributed by atoms with Crippen LogP contribution >= 0.6 is 0 Å². The summed E-state index contributed by atoms with van der Waals surface area (Å²) in [7, 11) is 0. The molecule has 0 spiro atoms. The molecule has 0 bridgehead atoms. The second-order valence-electron chi connectivity index (χ2n) is 1.33. The van der Waals surface area contributed by atoms with E-state index in [1.807, 2.05) is 6.07 Å². The van der Waals surface area contributed by atoms with Crippen molar-refractivity contribution in [3.63, 3.8) is 0 Å². The molecule has 0 amide bonds. The highest BCUT2D eigenvalue weighted by molar-refractivity contribution is 5.24. The Hall–Kier alpha value is -1.47. The average molecular weight is 101 g/mol. The minimum atomic E-state index is 0.628. The normalized spacial score (nSPS) is 6.88. The van der Waals surface area contributed by atoms with Gasteiger partial charge in [-0.25, -0.2) is 0 Å². The second kappa shape index (κ2) is 2.00. The van der Waals surface area contributed by atoms with E-state index in [4.69, 9.17) is 5.26 Å². The predicted molar refractivity (Wildman–Crippen MR) is 28.8 cm³/mol. The maximum Gasteiger partial charge on any atom is 0.0998 e. The van der Waals surface area contributed by atoms with Gasteiger partial charge >= 0.3 is 0 Å². The molecule has 0 radical (unpaired) electrons. The minimum absolute atomic E-state index is 0.628. The van der Waals surface area contributed by atoms with Gasteiger partial charge in [-0.15, -0.1) is 0 Å². The first-order chi connectivity index (χ1) is 3.93. The molecule has 1 rings (SSSR count). The van der Waals surface area contributed by atoms with E-state index >= 15 is 0 Å². The lowest BCUT2D eigenvalue weighted by Crippen LogP contribution is -1.64. The van der Waals surface area contributed by atoms with Gasteiger partial charge in [-0.2, -0.15) is 5.26 Å². The van der Waals surface area contributed by atoms with Crippen LogP contribution in [0.2, 0.25) is 0 Å². The fraction of sp³-hybridized carbons (Fsp3) is 0. The Kier molecular flexibility index (Phi) is 1.17. The fourth-order valence-corrected chi connectivity index (χ4v) is 0.417. The van der Waals surface area contributed by atoms with Gasteiger partial charge in [-0.3, -0.25) is 0 Å². The molecule has 1 aromatic rings. The molecule has 36 valence electrons. The van der Waals surface area contributed by atoms with Crippen LogP contribution in [0.3, 0.4) is 0 Å². The third-order valence-electron chi connectivity index (χ3n) is 0.786. The third kappa shape index (κ3) is 0.776. The summed E-state index contributed by atoms with van der Waals surface area (Å²) >= 11 is 0. The van der Waals surface area contributed by atoms with Crippen LogP contribution in [0, 0.1) is 23.5 Å². The monoisotopic (exact) mass is 101 g/mol. The Labute approximate surface area is 48.2 Å². The van der Waals surface area contributed by atoms with E-state index in [-0.39, 0.29) is 0 Å². The molecule has 0 N–H and O–H groups in total. The Morgan fingerprint density at radius 2 is 2.38 bits per heavy atom. The summed E-state index contributed by atoms with van der Waals surface area (Å²) in [5.41, 5.74) is 0.628. The van der Waals surface area contributed by atoms with Crippen LogP contribution < -0.4 is 0 Å². The molecule has 1 nitrogen and oxygen atoms in total. The zero-order valence-corrected chi connectivity index (χ0v) is 4.18. The summed E-state index contributed by atoms with van der Waals surface area (Å²) in [5, 5.41) is 8.25. The van der Waals surface area contributed by atoms with E-state index in [2.05, 4.69) is 12.1 Å². The number of hydrogen-bond acceptors (Lipinski definition) is 1. The van der Waals surface area contributed by atoms with Gasteiger partial charge in [0.1, 0.15) is 0 Å². The topological polar surface area (TPSA) is 23.8 Å². The summed E-state index contributed by atoms with van der Waals surface area (Å²) in [4.78, 5) is 0. The van der Waals surface area contributed by atoms with Gasteiger partial charge in [-0.1, -0.05) is 12.1 Å². The van der Waals surface area contributed by atoms with Crippen LogP contribution in [0.5, 0.6) is 0 Å². The first-order valence-electron chi connectivity index (χ1n) is 2.21. The summed E-state index contributed by atoms with van der Waals surface area (Å²) in [5.74, 6) is 0. The Morgan fingerprint density at radius 3 is 2.75 bits per heavy atom. The van der Waals surface area contributed by atoms with Gasteiger partial charge in [0.05, 0.1) is 11.6 Å². The molecule has 0 unspecified atom stereocenters. The summed E-state index contributed by atoms with van der Waals surface area (Å²) in [6, 6.07) is 12.3. The van der Waals surface area contributed by atoms with Crippen LogP contribution in [0.4, 0.5) is 0 Å². The molecule has 1 aromatic carbocycles. The summed E-state index contributed by atoms with van der Waals surface area (Å²) < 4.78 is 0. The van der Waals surface area contributed by atoms with Crippen molar-refractivity contribution in [2.45, 2.75) is 0 Å². The van der Waals surface area contributed by atoms with Gasteiger partial charge in [0.2, 0.25) is 0 Å². The van der Waals surface area contributed by atoms with E-state index in [0.29, 0.717) is 5.56 Å². The van der Waals surface area contributed by atoms with Crippen molar-refractivity contribution in [1.29, 1.82) is 5.26 Å². The highest BCUT2D eigenvalue weighted by Crippen LogP contribution is 1.88. The molecule has 0 fully saturated rings. The van der Waals surface area contributed by atoms with E-state index < -0.39 is 0 Å². The second-order valence-corrected chi connectivity index (χ2v) is 1.33. The van der Waals surface area contributed by atoms with Crippen molar-refractivity contribution < 1.29 is 0 Å². The van der Waals surface area contributed by atoms with Crippen molar-refractivity contribution in [1.82, 2.24) is 0 Å². The van der Waals surface area contributed by atoms with Crippen molar-refractivity contribution in [2.75, 3.05) is 0 Å². The van der Waals surface area contributed by atoms with Crippen LogP contribution in [0.25, 0.3) is 0 Å². The standard InChI is InChI=1S/C7H3N/c8-6-7-4-2-1-3-5-7/h2,4-5H. The zero-order valence-electron chi connectivity index (χ0n) is 4.18. The van der Waals surface area contributed by atoms with Gasteiger partial charge in [-0.05, 0) is 12.1 Å². The van der Waals surface area contributed by atoms with Crippen LogP contribution in [0.1, 0.15) is 5.56 Å². The lowest BCUT2D eigenvalue weighted by atomic mass is 10.3. The van der Waals surface area contributed by atoms with Crippen molar-refractivity contribution in [3.05, 3.63) is 35.9 Å². The quantitative estimate of drug-likeness (QED) is 0.481. The molecule has 1 heteroatoms. The number of rotatable bonds is 0. The molecule has 0 aliphatic heterocycles. The maximum absolute atomic E-state index is 8.25. The average Bonchev–Trinajstić information content (AvgIpc) is 1.90. The van der Waals surface area contributed by atoms with E-state index in [9.17, 15) is 0 Å². The molecule has 8 heavy (non-hydrogen) atoms. The molecular weight excluding hydrogens is 98.1 g/mol. The lowest BCUT2D eigenvalue weighted by molar-refractivity contribution is 1.49. The Bertz CT molecular complexity index is 195. The third-order valence-corrected chi connectivity index (χ3v) is 0.786. The molecule has 0 atom stereocenters. The van der Waals surface area contributed by atoms with E-state index in [1.54, 1.807) is 18.2 Å². The minimum Gasteiger partial charge on any atom is -0.192 e. The summed E-state index contributed by atoms with van der Waals surface area (Å²) in [6.07, 6.45) is 0. The van der Waals surface area contributed by atoms with Gasteiger partial charge in [0.25, 0.3) is 0 Å². The van der Waals surface area contributed by atoms with Gasteiger partial charge in [0.15, 0.2) is 0 Å². The Balaban J connectivity index is 3.05. The molecule has 0 aliphatic carbocycles. The van der Waals surface area contributed by atoms with E-state index in [1.165, 1.54) is 0 Å². The number of nitriles is 1. The highest BCUT2D eigenvalue weighted by Gasteiger charge is 1.78. The first-order valence-corrected chi connectivity index (χ1v) is 2.21. The number of nitrogens with zero attached hydrogens (tertiary/aromatic N) is 1. The highest BCUT2D eigenvalue weighted by atomic mass is 14.2. The molecular formula is C7H3N. The first kappa shape index (κ1) is 4.68. The van der Waals surface area contributed by atoms with Crippen molar-refractivity contribution in [3.8, 4) is 6.07 Å². The van der Waals surface area contributed by atoms with Crippen molar-refractivity contribution in [2.24, 2.45) is 0 Å². The van der Waals surface area contributed by atoms with Crippen LogP contribution in [-0.2, 0) is 0 Å². The molecule has 0 aliphatic rings. The zero-order chi connectivity index (χ0) is 5.82. The van der Waals surface area contributed by atoms with E-state index in [0.717, 1.165) is 0 Å². The fourth-order valence-electron chi connectivity index (χ4n) is 0.417. The SMILES string of the molecule is N#Cc1cc#ccc1. The summed E-state index contributed by atoms with van der Waals surface area (Å²) in [6.45, 7) is 0. The van der Waals surface area contributed by atoms with Gasteiger partial charge in [0, 0.05) is 6.07 Å². The predicted octanol–water partition coefficient (Wildman–Crippen LogP) is 1.16. The number of hydrogen-bond donors (Lipinski definition) is 0. The maximum atomic E-state index is 8.25. The largest absolute Gasteiger partial charge is 0.192 e. The van der Waals surface area contributed by atoms with Crippen LogP contribution in [0.15, 0.2) is 18.2 Å². The molecule has 0 aromatic heterocycles. The van der Waals surface area contributed by atoms with Crippen LogP contribution in [-0.4, -0.2) is 0 Å². The molecule has 0 saturated heterocycles. The molecule has 0 heterocycles. The van der Waals surface area contributed by atoms with Crippen molar-refractivity contribution >= 4 is 0 Å². The lowest BCUT2D eigenvalue weighted by Gasteiger charge is -1.74. The van der Waals surface area contributed by atoms with Gasteiger partial charge < -0.3 is 0 Å². The smallest absolute Gasteiger partial charge is 0.0998 e. The molecule has 0 saturated carbocycles. The Morgan fingerprint density at radius 1 is 1.50 bits per heavy atom.